The highest BCUT2D eigenvalue weighted by Crippen LogP contribution is 2.12. The Kier molecular flexibility index (Phi) is 4.78. The highest BCUT2D eigenvalue weighted by atomic mass is 16.5. The number of carboxylic acids is 1. The molecule has 0 saturated carbocycles. The van der Waals surface area contributed by atoms with E-state index in [9.17, 15) is 4.79 Å². The maximum absolute atomic E-state index is 10.6. The van der Waals surface area contributed by atoms with Gasteiger partial charge in [0, 0.05) is 12.6 Å². The highest BCUT2D eigenvalue weighted by Gasteiger charge is 2.12. The summed E-state index contributed by atoms with van der Waals surface area (Å²) in [5, 5.41) is 12.2. The van der Waals surface area contributed by atoms with E-state index in [0.717, 1.165) is 13.0 Å². The van der Waals surface area contributed by atoms with Crippen LogP contribution in [-0.2, 0) is 11.3 Å². The van der Waals surface area contributed by atoms with Gasteiger partial charge >= 0.3 is 5.97 Å². The van der Waals surface area contributed by atoms with Gasteiger partial charge in [0.25, 0.3) is 0 Å². The first kappa shape index (κ1) is 13.1. The van der Waals surface area contributed by atoms with Gasteiger partial charge in [0.1, 0.15) is 12.4 Å². The van der Waals surface area contributed by atoms with Crippen LogP contribution in [0.15, 0.2) is 16.5 Å². The maximum atomic E-state index is 10.6. The number of ether oxygens (including phenoxy) is 1. The first-order valence-electron chi connectivity index (χ1n) is 6.39. The zero-order valence-corrected chi connectivity index (χ0v) is 10.4. The minimum atomic E-state index is -1.05. The van der Waals surface area contributed by atoms with Crippen molar-refractivity contribution < 1.29 is 19.1 Å². The normalized spacial score (nSPS) is 19.9. The van der Waals surface area contributed by atoms with Crippen LogP contribution in [0.1, 0.15) is 42.0 Å². The monoisotopic (exact) mass is 253 g/mol. The first-order chi connectivity index (χ1) is 8.75. The van der Waals surface area contributed by atoms with E-state index in [2.05, 4.69) is 5.32 Å². The van der Waals surface area contributed by atoms with Crippen molar-refractivity contribution in [1.82, 2.24) is 5.32 Å². The molecule has 0 bridgehead atoms. The molecule has 100 valence electrons. The van der Waals surface area contributed by atoms with Crippen LogP contribution in [0, 0.1) is 0 Å². The zero-order valence-electron chi connectivity index (χ0n) is 10.4. The Morgan fingerprint density at radius 3 is 3.06 bits per heavy atom. The summed E-state index contributed by atoms with van der Waals surface area (Å²) in [5.41, 5.74) is 0. The maximum Gasteiger partial charge on any atom is 0.371 e. The molecule has 0 aromatic carbocycles. The summed E-state index contributed by atoms with van der Waals surface area (Å²) in [7, 11) is 0. The first-order valence-corrected chi connectivity index (χ1v) is 6.39. The second-order valence-electron chi connectivity index (χ2n) is 4.56. The molecule has 1 aromatic heterocycles. The number of carboxylic acid groups (broad SMARTS) is 1. The van der Waals surface area contributed by atoms with Crippen molar-refractivity contribution in [2.75, 3.05) is 13.2 Å². The number of hydrogen-bond acceptors (Lipinski definition) is 4. The van der Waals surface area contributed by atoms with Crippen LogP contribution in [0.2, 0.25) is 0 Å². The van der Waals surface area contributed by atoms with Crippen molar-refractivity contribution in [2.24, 2.45) is 0 Å². The van der Waals surface area contributed by atoms with E-state index in [1.165, 1.54) is 25.3 Å². The van der Waals surface area contributed by atoms with Gasteiger partial charge in [0.05, 0.1) is 0 Å². The third kappa shape index (κ3) is 3.85. The van der Waals surface area contributed by atoms with Gasteiger partial charge in [-0.1, -0.05) is 6.42 Å². The fraction of sp³-hybridized carbons (Fsp3) is 0.615. The van der Waals surface area contributed by atoms with Gasteiger partial charge in [0.2, 0.25) is 5.76 Å². The second kappa shape index (κ2) is 6.56. The van der Waals surface area contributed by atoms with Crippen molar-refractivity contribution in [3.8, 4) is 0 Å². The molecule has 2 N–H and O–H groups in total. The van der Waals surface area contributed by atoms with Crippen LogP contribution in [0.3, 0.4) is 0 Å². The minimum absolute atomic E-state index is 0.0393. The molecular formula is C13H19NO4. The number of furan rings is 1. The Bertz CT molecular complexity index is 382. The van der Waals surface area contributed by atoms with E-state index in [1.54, 1.807) is 6.07 Å². The van der Waals surface area contributed by atoms with Crippen molar-refractivity contribution in [1.29, 1.82) is 0 Å². The summed E-state index contributed by atoms with van der Waals surface area (Å²) in [6.07, 6.45) is 4.76. The lowest BCUT2D eigenvalue weighted by molar-refractivity contribution is 0.0644. The largest absolute Gasteiger partial charge is 0.475 e. The van der Waals surface area contributed by atoms with Crippen LogP contribution in [0.5, 0.6) is 0 Å². The van der Waals surface area contributed by atoms with Gasteiger partial charge < -0.3 is 19.6 Å². The SMILES string of the molecule is O=C(O)c1ccc(COCCC2CCCCN2)o1. The molecule has 1 atom stereocenters. The number of rotatable bonds is 6. The molecule has 18 heavy (non-hydrogen) atoms. The summed E-state index contributed by atoms with van der Waals surface area (Å²) in [6.45, 7) is 2.10. The van der Waals surface area contributed by atoms with Gasteiger partial charge in [0.15, 0.2) is 0 Å². The van der Waals surface area contributed by atoms with Crippen LogP contribution in [0.25, 0.3) is 0 Å². The Balaban J connectivity index is 1.63. The van der Waals surface area contributed by atoms with Crippen LogP contribution >= 0.6 is 0 Å². The molecule has 0 aliphatic carbocycles. The van der Waals surface area contributed by atoms with E-state index in [-0.39, 0.29) is 5.76 Å². The Morgan fingerprint density at radius 2 is 2.39 bits per heavy atom. The molecule has 1 aliphatic heterocycles. The Morgan fingerprint density at radius 1 is 1.50 bits per heavy atom. The molecule has 0 amide bonds. The number of piperidine rings is 1. The molecule has 1 unspecified atom stereocenters. The summed E-state index contributed by atoms with van der Waals surface area (Å²) in [4.78, 5) is 10.6. The predicted molar refractivity (Wildman–Crippen MR) is 65.6 cm³/mol. The summed E-state index contributed by atoms with van der Waals surface area (Å²) < 4.78 is 10.6. The van der Waals surface area contributed by atoms with E-state index in [0.29, 0.717) is 25.0 Å². The van der Waals surface area contributed by atoms with E-state index < -0.39 is 5.97 Å². The van der Waals surface area contributed by atoms with E-state index in [1.807, 2.05) is 0 Å². The van der Waals surface area contributed by atoms with E-state index >= 15 is 0 Å². The average molecular weight is 253 g/mol. The van der Waals surface area contributed by atoms with Crippen molar-refractivity contribution in [3.05, 3.63) is 23.7 Å². The van der Waals surface area contributed by atoms with Gasteiger partial charge in [-0.15, -0.1) is 0 Å². The molecule has 1 aromatic rings. The second-order valence-corrected chi connectivity index (χ2v) is 4.56. The van der Waals surface area contributed by atoms with Gasteiger partial charge in [-0.2, -0.15) is 0 Å². The number of hydrogen-bond donors (Lipinski definition) is 2. The van der Waals surface area contributed by atoms with Crippen molar-refractivity contribution >= 4 is 5.97 Å². The molecular weight excluding hydrogens is 234 g/mol. The number of nitrogens with one attached hydrogen (secondary N) is 1. The fourth-order valence-electron chi connectivity index (χ4n) is 2.14. The molecule has 5 nitrogen and oxygen atoms in total. The quantitative estimate of drug-likeness (QED) is 0.759. The molecule has 5 heteroatoms. The minimum Gasteiger partial charge on any atom is -0.475 e. The summed E-state index contributed by atoms with van der Waals surface area (Å²) in [5.74, 6) is -0.529. The lowest BCUT2D eigenvalue weighted by Gasteiger charge is -2.23. The Labute approximate surface area is 106 Å². The van der Waals surface area contributed by atoms with Crippen molar-refractivity contribution in [2.45, 2.75) is 38.3 Å². The van der Waals surface area contributed by atoms with Crippen molar-refractivity contribution in [3.63, 3.8) is 0 Å². The predicted octanol–water partition coefficient (Wildman–Crippen LogP) is 2.03. The number of aromatic carboxylic acids is 1. The summed E-state index contributed by atoms with van der Waals surface area (Å²) in [6, 6.07) is 3.65. The summed E-state index contributed by atoms with van der Waals surface area (Å²) >= 11 is 0. The average Bonchev–Trinajstić information content (AvgIpc) is 2.85. The molecule has 2 heterocycles. The topological polar surface area (TPSA) is 71.7 Å². The van der Waals surface area contributed by atoms with E-state index in [4.69, 9.17) is 14.3 Å². The van der Waals surface area contributed by atoms with Crippen LogP contribution in [-0.4, -0.2) is 30.3 Å². The molecule has 0 spiro atoms. The third-order valence-electron chi connectivity index (χ3n) is 3.14. The smallest absolute Gasteiger partial charge is 0.371 e. The fourth-order valence-corrected chi connectivity index (χ4v) is 2.14. The molecule has 0 radical (unpaired) electrons. The van der Waals surface area contributed by atoms with Crippen LogP contribution < -0.4 is 5.32 Å². The molecule has 1 aliphatic rings. The third-order valence-corrected chi connectivity index (χ3v) is 3.14. The molecule has 1 fully saturated rings. The molecule has 2 rings (SSSR count). The lowest BCUT2D eigenvalue weighted by atomic mass is 10.0. The number of carbonyl (C=O) groups is 1. The Hall–Kier alpha value is -1.33. The van der Waals surface area contributed by atoms with Gasteiger partial charge in [-0.3, -0.25) is 0 Å². The lowest BCUT2D eigenvalue weighted by Crippen LogP contribution is -2.34. The standard InChI is InChI=1S/C13H19NO4/c15-13(16)12-5-4-11(18-12)9-17-8-6-10-3-1-2-7-14-10/h4-5,10,14H,1-3,6-9H2,(H,15,16). The van der Waals surface area contributed by atoms with Gasteiger partial charge in [-0.25, -0.2) is 4.79 Å². The highest BCUT2D eigenvalue weighted by molar-refractivity contribution is 5.84. The zero-order chi connectivity index (χ0) is 12.8. The van der Waals surface area contributed by atoms with Gasteiger partial charge in [-0.05, 0) is 37.9 Å². The molecule has 1 saturated heterocycles. The van der Waals surface area contributed by atoms with Crippen LogP contribution in [0.4, 0.5) is 0 Å².